The van der Waals surface area contributed by atoms with Gasteiger partial charge in [0.1, 0.15) is 0 Å². The van der Waals surface area contributed by atoms with Crippen LogP contribution in [0.15, 0.2) is 0 Å². The lowest BCUT2D eigenvalue weighted by atomic mass is 10.2. The minimum atomic E-state index is -3.37. The van der Waals surface area contributed by atoms with Gasteiger partial charge in [-0.05, 0) is 32.9 Å². The van der Waals surface area contributed by atoms with E-state index >= 15 is 0 Å². The molecule has 0 radical (unpaired) electrons. The third-order valence-corrected chi connectivity index (χ3v) is 6.80. The van der Waals surface area contributed by atoms with E-state index in [0.29, 0.717) is 18.9 Å². The maximum Gasteiger partial charge on any atom is 0.237 e. The number of hydrogen-bond acceptors (Lipinski definition) is 12. The number of sulfonamides is 3. The molecule has 1 saturated carbocycles. The monoisotopic (exact) mass is 674 g/mol. The van der Waals surface area contributed by atoms with E-state index in [0.717, 1.165) is 18.8 Å². The number of carbonyl (C=O) groups is 3. The van der Waals surface area contributed by atoms with Crippen molar-refractivity contribution in [3.05, 3.63) is 0 Å². The van der Waals surface area contributed by atoms with Gasteiger partial charge < -0.3 is 9.29 Å². The SMILES string of the molecule is CC(C)C(=O)NS(=O)(=O)C1CC1.CC(C)C(=O)NS(C)(=O)=O.CC(C)C(=O)NS(C)(=O)=O.COC(C)C.CS(=O)[O-]. The number of amides is 3. The Hall–Kier alpha value is -1.67. The van der Waals surface area contributed by atoms with Crippen LogP contribution in [0.2, 0.25) is 0 Å². The van der Waals surface area contributed by atoms with Gasteiger partial charge in [-0.1, -0.05) is 52.6 Å². The molecule has 0 aromatic heterocycles. The van der Waals surface area contributed by atoms with Crippen molar-refractivity contribution in [1.82, 2.24) is 14.2 Å². The molecule has 0 aromatic rings. The smallest absolute Gasteiger partial charge is 0.237 e. The topological polar surface area (TPSA) is 239 Å². The number of methoxy groups -OCH3 is 1. The second kappa shape index (κ2) is 21.9. The van der Waals surface area contributed by atoms with Crippen molar-refractivity contribution in [1.29, 1.82) is 0 Å². The van der Waals surface area contributed by atoms with Gasteiger partial charge in [0.15, 0.2) is 0 Å². The molecule has 0 spiro atoms. The van der Waals surface area contributed by atoms with Crippen LogP contribution in [0.3, 0.4) is 0 Å². The van der Waals surface area contributed by atoms with Crippen molar-refractivity contribution in [2.24, 2.45) is 17.8 Å². The number of hydrogen-bond donors (Lipinski definition) is 3. The summed E-state index contributed by atoms with van der Waals surface area (Å²) in [6.07, 6.45) is 4.73. The second-order valence-corrected chi connectivity index (χ2v) is 16.1. The molecular formula is C22H48N3O12S4-. The van der Waals surface area contributed by atoms with Gasteiger partial charge in [-0.3, -0.25) is 32.8 Å². The summed E-state index contributed by atoms with van der Waals surface area (Å²) >= 11 is -1.86. The summed E-state index contributed by atoms with van der Waals surface area (Å²) < 4.78 is 92.5. The molecule has 0 heterocycles. The average molecular weight is 675 g/mol. The summed E-state index contributed by atoms with van der Waals surface area (Å²) in [5.41, 5.74) is 0. The zero-order valence-corrected chi connectivity index (χ0v) is 29.1. The largest absolute Gasteiger partial charge is 0.773 e. The Morgan fingerprint density at radius 1 is 0.707 bits per heavy atom. The molecule has 1 aliphatic rings. The summed E-state index contributed by atoms with van der Waals surface area (Å²) in [4.78, 5) is 32.3. The quantitative estimate of drug-likeness (QED) is 0.293. The number of rotatable bonds is 8. The molecule has 0 aromatic carbocycles. The molecule has 3 N–H and O–H groups in total. The number of nitrogens with one attached hydrogen (secondary N) is 3. The first kappa shape index (κ1) is 46.3. The van der Waals surface area contributed by atoms with Gasteiger partial charge in [-0.2, -0.15) is 0 Å². The lowest BCUT2D eigenvalue weighted by Crippen LogP contribution is -2.35. The first-order chi connectivity index (χ1) is 18.1. The van der Waals surface area contributed by atoms with Gasteiger partial charge in [0, 0.05) is 24.9 Å². The van der Waals surface area contributed by atoms with Crippen LogP contribution in [-0.4, -0.2) is 89.0 Å². The fourth-order valence-corrected chi connectivity index (χ4v) is 3.96. The third kappa shape index (κ3) is 38.3. The molecule has 1 atom stereocenters. The van der Waals surface area contributed by atoms with E-state index in [1.165, 1.54) is 0 Å². The summed E-state index contributed by atoms with van der Waals surface area (Å²) in [6, 6.07) is 0. The van der Waals surface area contributed by atoms with Crippen molar-refractivity contribution in [2.75, 3.05) is 25.9 Å². The fraction of sp³-hybridized carbons (Fsp3) is 0.864. The molecule has 41 heavy (non-hydrogen) atoms. The first-order valence-electron chi connectivity index (χ1n) is 12.2. The van der Waals surface area contributed by atoms with Crippen molar-refractivity contribution >= 4 is 58.9 Å². The highest BCUT2D eigenvalue weighted by Crippen LogP contribution is 2.27. The van der Waals surface area contributed by atoms with Crippen LogP contribution in [0, 0.1) is 17.8 Å². The van der Waals surface area contributed by atoms with Crippen LogP contribution in [0.4, 0.5) is 0 Å². The molecule has 1 aliphatic carbocycles. The molecule has 0 aliphatic heterocycles. The van der Waals surface area contributed by atoms with E-state index in [2.05, 4.69) is 4.72 Å². The Labute approximate surface area is 248 Å². The van der Waals surface area contributed by atoms with Crippen molar-refractivity contribution in [3.8, 4) is 0 Å². The maximum atomic E-state index is 11.2. The Morgan fingerprint density at radius 3 is 1.05 bits per heavy atom. The molecule has 1 rings (SSSR count). The van der Waals surface area contributed by atoms with E-state index in [1.807, 2.05) is 23.3 Å². The summed E-state index contributed by atoms with van der Waals surface area (Å²) in [5.74, 6) is -2.23. The van der Waals surface area contributed by atoms with Crippen LogP contribution in [0.25, 0.3) is 0 Å². The van der Waals surface area contributed by atoms with Crippen molar-refractivity contribution in [3.63, 3.8) is 0 Å². The van der Waals surface area contributed by atoms with Crippen LogP contribution in [0.5, 0.6) is 0 Å². The van der Waals surface area contributed by atoms with E-state index in [-0.39, 0.29) is 23.0 Å². The lowest BCUT2D eigenvalue weighted by Gasteiger charge is -2.06. The zero-order chi connectivity index (χ0) is 33.9. The van der Waals surface area contributed by atoms with Gasteiger partial charge in [0.05, 0.1) is 23.9 Å². The highest BCUT2D eigenvalue weighted by Gasteiger charge is 2.37. The minimum absolute atomic E-state index is 0.279. The predicted molar refractivity (Wildman–Crippen MR) is 158 cm³/mol. The second-order valence-electron chi connectivity index (χ2n) is 9.84. The summed E-state index contributed by atoms with van der Waals surface area (Å²) in [6.45, 7) is 13.8. The molecule has 1 fully saturated rings. The van der Waals surface area contributed by atoms with Crippen molar-refractivity contribution < 1.29 is 53.1 Å². The molecule has 0 saturated heterocycles. The van der Waals surface area contributed by atoms with Gasteiger partial charge in [-0.25, -0.2) is 25.3 Å². The van der Waals surface area contributed by atoms with Crippen LogP contribution < -0.4 is 14.2 Å². The highest BCUT2D eigenvalue weighted by atomic mass is 32.2. The number of ether oxygens (including phenoxy) is 1. The van der Waals surface area contributed by atoms with E-state index in [4.69, 9.17) is 13.5 Å². The Morgan fingerprint density at radius 2 is 0.927 bits per heavy atom. The normalized spacial score (nSPS) is 13.6. The Balaban J connectivity index is -0.000000220. The van der Waals surface area contributed by atoms with E-state index in [9.17, 15) is 39.6 Å². The van der Waals surface area contributed by atoms with Crippen molar-refractivity contribution in [2.45, 2.75) is 79.6 Å². The molecule has 248 valence electrons. The Kier molecular flexibility index (Phi) is 24.8. The molecular weight excluding hydrogens is 627 g/mol. The molecule has 19 heteroatoms. The zero-order valence-electron chi connectivity index (χ0n) is 25.8. The average Bonchev–Trinajstić information content (AvgIpc) is 3.58. The van der Waals surface area contributed by atoms with Gasteiger partial charge in [0.25, 0.3) is 0 Å². The molecule has 0 bridgehead atoms. The van der Waals surface area contributed by atoms with Crippen LogP contribution in [-0.2, 0) is 60.3 Å². The summed E-state index contributed by atoms with van der Waals surface area (Å²) in [5, 5.41) is -0.319. The molecule has 3 amide bonds. The lowest BCUT2D eigenvalue weighted by molar-refractivity contribution is -0.123. The van der Waals surface area contributed by atoms with E-state index < -0.39 is 58.9 Å². The van der Waals surface area contributed by atoms with Gasteiger partial charge in [-0.15, -0.1) is 0 Å². The van der Waals surface area contributed by atoms with E-state index in [1.54, 1.807) is 48.7 Å². The fourth-order valence-electron chi connectivity index (χ4n) is 1.32. The predicted octanol–water partition coefficient (Wildman–Crippen LogP) is 0.224. The van der Waals surface area contributed by atoms with Gasteiger partial charge >= 0.3 is 0 Å². The minimum Gasteiger partial charge on any atom is -0.773 e. The van der Waals surface area contributed by atoms with Gasteiger partial charge in [0.2, 0.25) is 47.8 Å². The highest BCUT2D eigenvalue weighted by molar-refractivity contribution is 7.91. The maximum absolute atomic E-state index is 11.2. The number of carbonyl (C=O) groups excluding carboxylic acids is 3. The molecule has 1 unspecified atom stereocenters. The first-order valence-corrected chi connectivity index (χ1v) is 19.0. The third-order valence-electron chi connectivity index (χ3n) is 3.82. The van der Waals surface area contributed by atoms with Crippen LogP contribution >= 0.6 is 0 Å². The Bertz CT molecular complexity index is 1070. The molecule has 15 nitrogen and oxygen atoms in total. The van der Waals surface area contributed by atoms with Crippen LogP contribution in [0.1, 0.15) is 68.2 Å². The summed E-state index contributed by atoms with van der Waals surface area (Å²) in [7, 11) is -8.37. The standard InChI is InChI=1S/C7H13NO3S.2C5H11NO3S.C4H10O.CH4O2S/c1-5(2)7(9)8-12(10,11)6-3-4-6;2*1-4(2)5(7)6-10(3,8)9;1-4(2)5-3;1-4(2)3/h5-6H,3-4H2,1-2H3,(H,8,9);2*4H,1-3H3,(H,6,7);4H,1-3H3;1H3,(H,2,3)/p-1.